The number of carbonyl (C=O) groups excluding carboxylic acids is 1. The van der Waals surface area contributed by atoms with Crippen molar-refractivity contribution in [3.8, 4) is 5.75 Å². The molecule has 0 aliphatic carbocycles. The largest absolute Gasteiger partial charge is 0.495 e. The summed E-state index contributed by atoms with van der Waals surface area (Å²) in [5.74, 6) is 0.364. The minimum absolute atomic E-state index is 0.0872. The quantitative estimate of drug-likeness (QED) is 0.807. The summed E-state index contributed by atoms with van der Waals surface area (Å²) in [6.07, 6.45) is 0.275. The standard InChI is InChI=1S/C19H22ClNO3/c1-13(12-22)21-19(23)11-16(14-6-4-3-5-7-14)15-8-9-18(24-2)17(20)10-15/h3-10,13,16,22H,11-12H2,1-2H3,(H,21,23). The molecule has 128 valence electrons. The number of amides is 1. The molecule has 0 aliphatic rings. The SMILES string of the molecule is COc1ccc(C(CC(=O)NC(C)CO)c2ccccc2)cc1Cl. The van der Waals surface area contributed by atoms with Crippen LogP contribution in [0.1, 0.15) is 30.4 Å². The topological polar surface area (TPSA) is 58.6 Å². The lowest BCUT2D eigenvalue weighted by atomic mass is 9.88. The molecule has 0 radical (unpaired) electrons. The van der Waals surface area contributed by atoms with E-state index in [4.69, 9.17) is 21.4 Å². The molecule has 2 aromatic carbocycles. The van der Waals surface area contributed by atoms with E-state index in [1.807, 2.05) is 48.5 Å². The third-order valence-electron chi connectivity index (χ3n) is 3.85. The smallest absolute Gasteiger partial charge is 0.221 e. The second kappa shape index (κ2) is 8.71. The van der Waals surface area contributed by atoms with E-state index in [0.29, 0.717) is 10.8 Å². The van der Waals surface area contributed by atoms with Crippen LogP contribution in [0.4, 0.5) is 0 Å². The van der Waals surface area contributed by atoms with Crippen LogP contribution in [0.3, 0.4) is 0 Å². The van der Waals surface area contributed by atoms with Gasteiger partial charge in [-0.05, 0) is 30.2 Å². The average Bonchev–Trinajstić information content (AvgIpc) is 2.60. The number of hydrogen-bond donors (Lipinski definition) is 2. The number of hydrogen-bond acceptors (Lipinski definition) is 3. The van der Waals surface area contributed by atoms with Gasteiger partial charge < -0.3 is 15.2 Å². The fourth-order valence-electron chi connectivity index (χ4n) is 2.58. The summed E-state index contributed by atoms with van der Waals surface area (Å²) in [5, 5.41) is 12.4. The van der Waals surface area contributed by atoms with Crippen LogP contribution in [-0.4, -0.2) is 30.8 Å². The number of carbonyl (C=O) groups is 1. The summed E-state index contributed by atoms with van der Waals surface area (Å²) in [6, 6.07) is 15.1. The predicted molar refractivity (Wildman–Crippen MR) is 95.6 cm³/mol. The Balaban J connectivity index is 2.30. The van der Waals surface area contributed by atoms with Crippen LogP contribution < -0.4 is 10.1 Å². The van der Waals surface area contributed by atoms with Crippen molar-refractivity contribution in [2.24, 2.45) is 0 Å². The summed E-state index contributed by atoms with van der Waals surface area (Å²) < 4.78 is 5.19. The van der Waals surface area contributed by atoms with Crippen LogP contribution in [0.5, 0.6) is 5.75 Å². The first-order valence-electron chi connectivity index (χ1n) is 7.83. The molecule has 0 aliphatic heterocycles. The van der Waals surface area contributed by atoms with E-state index < -0.39 is 0 Å². The third-order valence-corrected chi connectivity index (χ3v) is 4.15. The zero-order valence-electron chi connectivity index (χ0n) is 13.8. The number of rotatable bonds is 7. The van der Waals surface area contributed by atoms with E-state index in [1.54, 1.807) is 14.0 Å². The fraction of sp³-hybridized carbons (Fsp3) is 0.316. The maximum Gasteiger partial charge on any atom is 0.221 e. The van der Waals surface area contributed by atoms with Gasteiger partial charge >= 0.3 is 0 Å². The summed E-state index contributed by atoms with van der Waals surface area (Å²) in [4.78, 5) is 12.3. The van der Waals surface area contributed by atoms with Crippen LogP contribution in [0.2, 0.25) is 5.02 Å². The van der Waals surface area contributed by atoms with Crippen molar-refractivity contribution in [1.29, 1.82) is 0 Å². The van der Waals surface area contributed by atoms with Crippen molar-refractivity contribution in [3.05, 3.63) is 64.7 Å². The molecule has 0 saturated heterocycles. The zero-order chi connectivity index (χ0) is 17.5. The number of nitrogens with one attached hydrogen (secondary N) is 1. The van der Waals surface area contributed by atoms with Gasteiger partial charge in [0.2, 0.25) is 5.91 Å². The first-order valence-corrected chi connectivity index (χ1v) is 8.21. The molecule has 2 unspecified atom stereocenters. The number of methoxy groups -OCH3 is 1. The Hall–Kier alpha value is -2.04. The Labute approximate surface area is 147 Å². The molecule has 2 N–H and O–H groups in total. The summed E-state index contributed by atoms with van der Waals surface area (Å²) in [7, 11) is 1.57. The minimum atomic E-state index is -0.270. The van der Waals surface area contributed by atoms with Gasteiger partial charge in [0.1, 0.15) is 5.75 Å². The maximum absolute atomic E-state index is 12.3. The van der Waals surface area contributed by atoms with Gasteiger partial charge in [-0.3, -0.25) is 4.79 Å². The molecular formula is C19H22ClNO3. The zero-order valence-corrected chi connectivity index (χ0v) is 14.6. The molecule has 0 bridgehead atoms. The van der Waals surface area contributed by atoms with Crippen LogP contribution in [0, 0.1) is 0 Å². The van der Waals surface area contributed by atoms with Gasteiger partial charge in [-0.2, -0.15) is 0 Å². The Kier molecular flexibility index (Phi) is 6.64. The van der Waals surface area contributed by atoms with E-state index in [0.717, 1.165) is 11.1 Å². The van der Waals surface area contributed by atoms with Crippen molar-refractivity contribution in [1.82, 2.24) is 5.32 Å². The molecule has 2 atom stereocenters. The molecule has 0 saturated carbocycles. The lowest BCUT2D eigenvalue weighted by Crippen LogP contribution is -2.35. The van der Waals surface area contributed by atoms with Crippen LogP contribution in [0.25, 0.3) is 0 Å². The van der Waals surface area contributed by atoms with Crippen molar-refractivity contribution in [2.45, 2.75) is 25.3 Å². The van der Waals surface area contributed by atoms with Gasteiger partial charge in [-0.15, -0.1) is 0 Å². The molecule has 1 amide bonds. The predicted octanol–water partition coefficient (Wildman–Crippen LogP) is 3.37. The third kappa shape index (κ3) is 4.73. The van der Waals surface area contributed by atoms with Gasteiger partial charge in [-0.1, -0.05) is 48.0 Å². The Morgan fingerprint density at radius 3 is 2.50 bits per heavy atom. The number of aliphatic hydroxyl groups excluding tert-OH is 1. The van der Waals surface area contributed by atoms with Crippen LogP contribution in [-0.2, 0) is 4.79 Å². The lowest BCUT2D eigenvalue weighted by molar-refractivity contribution is -0.122. The fourth-order valence-corrected chi connectivity index (χ4v) is 2.84. The summed E-state index contributed by atoms with van der Waals surface area (Å²) >= 11 is 6.25. The van der Waals surface area contributed by atoms with Gasteiger partial charge in [-0.25, -0.2) is 0 Å². The number of halogens is 1. The highest BCUT2D eigenvalue weighted by Crippen LogP contribution is 2.33. The van der Waals surface area contributed by atoms with Crippen molar-refractivity contribution >= 4 is 17.5 Å². The van der Waals surface area contributed by atoms with E-state index in [9.17, 15) is 4.79 Å². The summed E-state index contributed by atoms with van der Waals surface area (Å²) in [5.41, 5.74) is 1.98. The molecule has 2 rings (SSSR count). The van der Waals surface area contributed by atoms with Crippen molar-refractivity contribution < 1.29 is 14.6 Å². The van der Waals surface area contributed by atoms with Gasteiger partial charge in [0.25, 0.3) is 0 Å². The lowest BCUT2D eigenvalue weighted by Gasteiger charge is -2.20. The number of aliphatic hydroxyl groups is 1. The van der Waals surface area contributed by atoms with Crippen LogP contribution >= 0.6 is 11.6 Å². The molecule has 5 heteroatoms. The van der Waals surface area contributed by atoms with Gasteiger partial charge in [0.15, 0.2) is 0 Å². The molecule has 0 aromatic heterocycles. The first-order chi connectivity index (χ1) is 11.5. The molecular weight excluding hydrogens is 326 g/mol. The molecule has 4 nitrogen and oxygen atoms in total. The molecule has 0 spiro atoms. The molecule has 2 aromatic rings. The monoisotopic (exact) mass is 347 g/mol. The Bertz CT molecular complexity index is 676. The van der Waals surface area contributed by atoms with E-state index in [-0.39, 0.29) is 30.9 Å². The van der Waals surface area contributed by atoms with E-state index in [2.05, 4.69) is 5.32 Å². The van der Waals surface area contributed by atoms with Gasteiger partial charge in [0, 0.05) is 18.4 Å². The van der Waals surface area contributed by atoms with E-state index >= 15 is 0 Å². The van der Waals surface area contributed by atoms with Gasteiger partial charge in [0.05, 0.1) is 18.7 Å². The normalized spacial score (nSPS) is 13.2. The number of benzene rings is 2. The van der Waals surface area contributed by atoms with E-state index in [1.165, 1.54) is 0 Å². The molecule has 24 heavy (non-hydrogen) atoms. The van der Waals surface area contributed by atoms with Crippen molar-refractivity contribution in [2.75, 3.05) is 13.7 Å². The summed E-state index contributed by atoms with van der Waals surface area (Å²) in [6.45, 7) is 1.68. The van der Waals surface area contributed by atoms with Crippen molar-refractivity contribution in [3.63, 3.8) is 0 Å². The minimum Gasteiger partial charge on any atom is -0.495 e. The maximum atomic E-state index is 12.3. The Morgan fingerprint density at radius 2 is 1.92 bits per heavy atom. The highest BCUT2D eigenvalue weighted by atomic mass is 35.5. The highest BCUT2D eigenvalue weighted by Gasteiger charge is 2.20. The average molecular weight is 348 g/mol. The molecule has 0 fully saturated rings. The first kappa shape index (κ1) is 18.3. The highest BCUT2D eigenvalue weighted by molar-refractivity contribution is 6.32. The Morgan fingerprint density at radius 1 is 1.21 bits per heavy atom. The molecule has 0 heterocycles. The number of ether oxygens (including phenoxy) is 1. The second-order valence-electron chi connectivity index (χ2n) is 5.71. The second-order valence-corrected chi connectivity index (χ2v) is 6.12. The van der Waals surface area contributed by atoms with Crippen LogP contribution in [0.15, 0.2) is 48.5 Å².